The van der Waals surface area contributed by atoms with E-state index in [4.69, 9.17) is 0 Å². The summed E-state index contributed by atoms with van der Waals surface area (Å²) in [4.78, 5) is 0. The van der Waals surface area contributed by atoms with Crippen molar-refractivity contribution in [3.63, 3.8) is 0 Å². The molecule has 0 saturated heterocycles. The SMILES string of the molecule is CCCCCC(C)(C)c1ccc([O-])cc1.[K+]. The van der Waals surface area contributed by atoms with Crippen molar-refractivity contribution in [2.24, 2.45) is 0 Å². The van der Waals surface area contributed by atoms with Gasteiger partial charge in [-0.15, -0.1) is 5.75 Å². The summed E-state index contributed by atoms with van der Waals surface area (Å²) >= 11 is 0. The molecule has 0 aliphatic heterocycles. The monoisotopic (exact) mass is 244 g/mol. The van der Waals surface area contributed by atoms with E-state index in [1.54, 1.807) is 12.1 Å². The van der Waals surface area contributed by atoms with E-state index in [0.717, 1.165) is 0 Å². The van der Waals surface area contributed by atoms with Crippen LogP contribution in [0.15, 0.2) is 24.3 Å². The molecular weight excluding hydrogens is 223 g/mol. The van der Waals surface area contributed by atoms with Gasteiger partial charge in [0.05, 0.1) is 0 Å². The fourth-order valence-corrected chi connectivity index (χ4v) is 1.87. The Hall–Kier alpha value is 0.656. The minimum atomic E-state index is 0. The third-order valence-corrected chi connectivity index (χ3v) is 3.04. The first-order valence-corrected chi connectivity index (χ1v) is 5.84. The molecule has 0 heterocycles. The van der Waals surface area contributed by atoms with Gasteiger partial charge in [-0.25, -0.2) is 0 Å². The number of rotatable bonds is 5. The Morgan fingerprint density at radius 3 is 2.12 bits per heavy atom. The molecule has 0 aliphatic rings. The molecule has 0 amide bonds. The summed E-state index contributed by atoms with van der Waals surface area (Å²) < 4.78 is 0. The van der Waals surface area contributed by atoms with Crippen LogP contribution in [-0.2, 0) is 5.41 Å². The van der Waals surface area contributed by atoms with E-state index in [9.17, 15) is 5.11 Å². The van der Waals surface area contributed by atoms with E-state index in [1.165, 1.54) is 31.2 Å². The van der Waals surface area contributed by atoms with Gasteiger partial charge in [0.2, 0.25) is 0 Å². The zero-order chi connectivity index (χ0) is 11.3. The maximum absolute atomic E-state index is 11.0. The fourth-order valence-electron chi connectivity index (χ4n) is 1.87. The Kier molecular flexibility index (Phi) is 8.21. The molecule has 0 saturated carbocycles. The Bertz CT molecular complexity index is 290. The summed E-state index contributed by atoms with van der Waals surface area (Å²) in [5, 5.41) is 11.0. The average Bonchev–Trinajstić information content (AvgIpc) is 2.18. The van der Waals surface area contributed by atoms with Crippen molar-refractivity contribution >= 4 is 0 Å². The van der Waals surface area contributed by atoms with Crippen molar-refractivity contribution in [3.8, 4) is 5.75 Å². The molecule has 0 fully saturated rings. The van der Waals surface area contributed by atoms with E-state index in [2.05, 4.69) is 20.8 Å². The van der Waals surface area contributed by atoms with Crippen molar-refractivity contribution in [1.29, 1.82) is 0 Å². The average molecular weight is 244 g/mol. The van der Waals surface area contributed by atoms with Crippen LogP contribution in [0.2, 0.25) is 0 Å². The van der Waals surface area contributed by atoms with Crippen LogP contribution in [0.5, 0.6) is 5.75 Å². The summed E-state index contributed by atoms with van der Waals surface area (Å²) in [6.07, 6.45) is 5.01. The maximum atomic E-state index is 11.0. The van der Waals surface area contributed by atoms with Gasteiger partial charge < -0.3 is 5.11 Å². The summed E-state index contributed by atoms with van der Waals surface area (Å²) in [5.74, 6) is 0.100. The molecule has 0 atom stereocenters. The second kappa shape index (κ2) is 7.88. The van der Waals surface area contributed by atoms with Gasteiger partial charge in [-0.2, -0.15) is 0 Å². The van der Waals surface area contributed by atoms with Crippen molar-refractivity contribution < 1.29 is 56.5 Å². The zero-order valence-corrected chi connectivity index (χ0v) is 14.2. The van der Waals surface area contributed by atoms with Crippen LogP contribution in [0.3, 0.4) is 0 Å². The number of hydrogen-bond acceptors (Lipinski definition) is 1. The van der Waals surface area contributed by atoms with Crippen LogP contribution < -0.4 is 56.5 Å². The van der Waals surface area contributed by atoms with Gasteiger partial charge in [0.25, 0.3) is 0 Å². The molecule has 84 valence electrons. The molecule has 2 heteroatoms. The molecule has 0 unspecified atom stereocenters. The van der Waals surface area contributed by atoms with Crippen molar-refractivity contribution in [2.45, 2.75) is 51.9 Å². The summed E-state index contributed by atoms with van der Waals surface area (Å²) in [7, 11) is 0. The molecule has 0 radical (unpaired) electrons. The summed E-state index contributed by atoms with van der Waals surface area (Å²) in [5.41, 5.74) is 1.47. The van der Waals surface area contributed by atoms with Gasteiger partial charge in [-0.1, -0.05) is 64.3 Å². The maximum Gasteiger partial charge on any atom is 1.00 e. The smallest absolute Gasteiger partial charge is 0.872 e. The van der Waals surface area contributed by atoms with Gasteiger partial charge in [0.15, 0.2) is 0 Å². The molecule has 0 aliphatic carbocycles. The largest absolute Gasteiger partial charge is 1.00 e. The Balaban J connectivity index is 0.00000225. The van der Waals surface area contributed by atoms with Crippen molar-refractivity contribution in [3.05, 3.63) is 29.8 Å². The Labute approximate surface area is 142 Å². The van der Waals surface area contributed by atoms with E-state index < -0.39 is 0 Å². The second-order valence-electron chi connectivity index (χ2n) is 4.87. The topological polar surface area (TPSA) is 23.1 Å². The van der Waals surface area contributed by atoms with Gasteiger partial charge in [-0.05, 0) is 17.4 Å². The van der Waals surface area contributed by atoms with Crippen LogP contribution in [0.4, 0.5) is 0 Å². The van der Waals surface area contributed by atoms with E-state index in [1.807, 2.05) is 12.1 Å². The van der Waals surface area contributed by atoms with Crippen molar-refractivity contribution in [2.75, 3.05) is 0 Å². The molecule has 1 aromatic carbocycles. The van der Waals surface area contributed by atoms with Crippen LogP contribution >= 0.6 is 0 Å². The first kappa shape index (κ1) is 16.7. The predicted octanol–water partition coefficient (Wildman–Crippen LogP) is 0.622. The second-order valence-corrected chi connectivity index (χ2v) is 4.87. The van der Waals surface area contributed by atoms with Gasteiger partial charge >= 0.3 is 51.4 Å². The van der Waals surface area contributed by atoms with Crippen LogP contribution in [-0.4, -0.2) is 0 Å². The number of hydrogen-bond donors (Lipinski definition) is 0. The molecule has 0 spiro atoms. The van der Waals surface area contributed by atoms with E-state index in [-0.39, 0.29) is 62.5 Å². The first-order chi connectivity index (χ1) is 7.06. The summed E-state index contributed by atoms with van der Waals surface area (Å²) in [6, 6.07) is 7.26. The fraction of sp³-hybridized carbons (Fsp3) is 0.571. The molecule has 1 aromatic rings. The van der Waals surface area contributed by atoms with Gasteiger partial charge in [0.1, 0.15) is 0 Å². The first-order valence-electron chi connectivity index (χ1n) is 5.84. The normalized spacial score (nSPS) is 10.9. The number of unbranched alkanes of at least 4 members (excludes halogenated alkanes) is 2. The summed E-state index contributed by atoms with van der Waals surface area (Å²) in [6.45, 7) is 6.73. The molecule has 0 N–H and O–H groups in total. The van der Waals surface area contributed by atoms with E-state index >= 15 is 0 Å². The number of benzene rings is 1. The molecule has 0 aromatic heterocycles. The minimum absolute atomic E-state index is 0. The quantitative estimate of drug-likeness (QED) is 0.550. The van der Waals surface area contributed by atoms with Crippen LogP contribution in [0.1, 0.15) is 52.0 Å². The van der Waals surface area contributed by atoms with Crippen LogP contribution in [0.25, 0.3) is 0 Å². The molecule has 0 bridgehead atoms. The Morgan fingerprint density at radius 1 is 1.06 bits per heavy atom. The molecule has 1 rings (SSSR count). The minimum Gasteiger partial charge on any atom is -0.872 e. The Morgan fingerprint density at radius 2 is 1.62 bits per heavy atom. The zero-order valence-electron chi connectivity index (χ0n) is 11.0. The standard InChI is InChI=1S/C14H22O.K/c1-4-5-6-11-14(2,3)12-7-9-13(15)10-8-12;/h7-10,15H,4-6,11H2,1-3H3;/q;+1/p-1. The third-order valence-electron chi connectivity index (χ3n) is 3.04. The predicted molar refractivity (Wildman–Crippen MR) is 63.1 cm³/mol. The van der Waals surface area contributed by atoms with Gasteiger partial charge in [0, 0.05) is 0 Å². The molecule has 16 heavy (non-hydrogen) atoms. The molecule has 1 nitrogen and oxygen atoms in total. The van der Waals surface area contributed by atoms with Gasteiger partial charge in [-0.3, -0.25) is 0 Å². The van der Waals surface area contributed by atoms with E-state index in [0.29, 0.717) is 0 Å². The van der Waals surface area contributed by atoms with Crippen LogP contribution in [0, 0.1) is 0 Å². The third kappa shape index (κ3) is 5.32. The molecular formula is C14H21KO. The van der Waals surface area contributed by atoms with Crippen molar-refractivity contribution in [1.82, 2.24) is 0 Å².